The summed E-state index contributed by atoms with van der Waals surface area (Å²) >= 11 is 1.66. The van der Waals surface area contributed by atoms with Gasteiger partial charge in [0.15, 0.2) is 11.8 Å². The first-order valence-corrected chi connectivity index (χ1v) is 8.22. The van der Waals surface area contributed by atoms with Crippen molar-refractivity contribution in [2.24, 2.45) is 4.99 Å². The molecule has 2 rings (SSSR count). The topological polar surface area (TPSA) is 88.2 Å². The summed E-state index contributed by atoms with van der Waals surface area (Å²) in [6, 6.07) is 0. The maximum atomic E-state index is 4.93. The molecular formula is C14H22N6OS. The van der Waals surface area contributed by atoms with Crippen LogP contribution in [0.15, 0.2) is 14.9 Å². The number of aryl methyl sites for hydroxylation is 1. The van der Waals surface area contributed by atoms with E-state index < -0.39 is 0 Å². The largest absolute Gasteiger partial charge is 0.357 e. The summed E-state index contributed by atoms with van der Waals surface area (Å²) in [7, 11) is 0. The molecule has 2 aromatic heterocycles. The molecule has 2 aromatic rings. The SMILES string of the molecule is CCNC(=NCc1noc(C)n1)NCc1nc(C(C)C)cs1. The molecule has 120 valence electrons. The second kappa shape index (κ2) is 7.88. The Morgan fingerprint density at radius 1 is 1.36 bits per heavy atom. The van der Waals surface area contributed by atoms with Crippen LogP contribution in [0.25, 0.3) is 0 Å². The van der Waals surface area contributed by atoms with Gasteiger partial charge in [-0.25, -0.2) is 9.98 Å². The lowest BCUT2D eigenvalue weighted by molar-refractivity contribution is 0.387. The first kappa shape index (κ1) is 16.4. The molecule has 0 atom stereocenters. The van der Waals surface area contributed by atoms with E-state index in [9.17, 15) is 0 Å². The Labute approximate surface area is 134 Å². The molecule has 0 spiro atoms. The molecule has 0 radical (unpaired) electrons. The van der Waals surface area contributed by atoms with E-state index in [4.69, 9.17) is 4.52 Å². The number of aliphatic imine (C=N–C) groups is 1. The second-order valence-corrected chi connectivity index (χ2v) is 6.04. The average molecular weight is 322 g/mol. The highest BCUT2D eigenvalue weighted by Crippen LogP contribution is 2.17. The van der Waals surface area contributed by atoms with Crippen LogP contribution < -0.4 is 10.6 Å². The van der Waals surface area contributed by atoms with E-state index in [2.05, 4.69) is 50.0 Å². The molecule has 7 nitrogen and oxygen atoms in total. The van der Waals surface area contributed by atoms with Crippen LogP contribution in [0.4, 0.5) is 0 Å². The molecule has 0 aliphatic heterocycles. The summed E-state index contributed by atoms with van der Waals surface area (Å²) in [4.78, 5) is 13.2. The monoisotopic (exact) mass is 322 g/mol. The van der Waals surface area contributed by atoms with Crippen LogP contribution >= 0.6 is 11.3 Å². The van der Waals surface area contributed by atoms with Crippen LogP contribution in [0.2, 0.25) is 0 Å². The molecule has 0 aliphatic rings. The third-order valence-electron chi connectivity index (χ3n) is 2.86. The Morgan fingerprint density at radius 3 is 2.77 bits per heavy atom. The summed E-state index contributed by atoms with van der Waals surface area (Å²) in [5.74, 6) is 2.29. The number of thiazole rings is 1. The zero-order valence-electron chi connectivity index (χ0n) is 13.4. The van der Waals surface area contributed by atoms with E-state index >= 15 is 0 Å². The maximum absolute atomic E-state index is 4.93. The van der Waals surface area contributed by atoms with Gasteiger partial charge in [0, 0.05) is 18.8 Å². The number of aromatic nitrogens is 3. The standard InChI is InChI=1S/C14H22N6OS/c1-5-15-14(16-6-12-18-10(4)21-20-12)17-7-13-19-11(8-22-13)9(2)3/h8-9H,5-7H2,1-4H3,(H2,15,16,17). The molecule has 22 heavy (non-hydrogen) atoms. The first-order valence-electron chi connectivity index (χ1n) is 7.34. The van der Waals surface area contributed by atoms with E-state index in [1.165, 1.54) is 0 Å². The van der Waals surface area contributed by atoms with E-state index in [1.807, 2.05) is 6.92 Å². The van der Waals surface area contributed by atoms with E-state index in [0.717, 1.165) is 17.2 Å². The van der Waals surface area contributed by atoms with Crippen molar-refractivity contribution in [3.63, 3.8) is 0 Å². The minimum Gasteiger partial charge on any atom is -0.357 e. The zero-order valence-corrected chi connectivity index (χ0v) is 14.2. The summed E-state index contributed by atoms with van der Waals surface area (Å²) in [5, 5.41) is 13.4. The highest BCUT2D eigenvalue weighted by atomic mass is 32.1. The van der Waals surface area contributed by atoms with E-state index in [0.29, 0.717) is 36.7 Å². The Kier molecular flexibility index (Phi) is 5.88. The number of nitrogens with zero attached hydrogens (tertiary/aromatic N) is 4. The number of hydrogen-bond donors (Lipinski definition) is 2. The summed E-state index contributed by atoms with van der Waals surface area (Å²) < 4.78 is 4.93. The quantitative estimate of drug-likeness (QED) is 0.626. The van der Waals surface area contributed by atoms with Crippen molar-refractivity contribution in [1.82, 2.24) is 25.8 Å². The fourth-order valence-electron chi connectivity index (χ4n) is 1.73. The zero-order chi connectivity index (χ0) is 15.9. The van der Waals surface area contributed by atoms with Crippen LogP contribution in [0.5, 0.6) is 0 Å². The Morgan fingerprint density at radius 2 is 2.18 bits per heavy atom. The van der Waals surface area contributed by atoms with Crippen LogP contribution in [0, 0.1) is 6.92 Å². The van der Waals surface area contributed by atoms with Crippen molar-refractivity contribution >= 4 is 17.3 Å². The molecule has 0 saturated heterocycles. The third-order valence-corrected chi connectivity index (χ3v) is 3.73. The van der Waals surface area contributed by atoms with Crippen molar-refractivity contribution in [1.29, 1.82) is 0 Å². The molecule has 2 N–H and O–H groups in total. The van der Waals surface area contributed by atoms with Crippen LogP contribution in [-0.4, -0.2) is 27.6 Å². The Balaban J connectivity index is 1.92. The van der Waals surface area contributed by atoms with Gasteiger partial charge < -0.3 is 15.2 Å². The van der Waals surface area contributed by atoms with E-state index in [-0.39, 0.29) is 0 Å². The van der Waals surface area contributed by atoms with Gasteiger partial charge in [-0.3, -0.25) is 0 Å². The van der Waals surface area contributed by atoms with Gasteiger partial charge in [0.05, 0.1) is 12.2 Å². The Bertz CT molecular complexity index is 618. The van der Waals surface area contributed by atoms with Gasteiger partial charge in [-0.15, -0.1) is 11.3 Å². The summed E-state index contributed by atoms with van der Waals surface area (Å²) in [6.07, 6.45) is 0. The smallest absolute Gasteiger partial charge is 0.223 e. The Hall–Kier alpha value is -1.96. The van der Waals surface area contributed by atoms with Gasteiger partial charge in [0.25, 0.3) is 0 Å². The normalized spacial score (nSPS) is 12.0. The van der Waals surface area contributed by atoms with Gasteiger partial charge in [0.2, 0.25) is 5.89 Å². The highest BCUT2D eigenvalue weighted by molar-refractivity contribution is 7.09. The van der Waals surface area contributed by atoms with Crippen molar-refractivity contribution in [2.45, 2.75) is 46.7 Å². The minimum absolute atomic E-state index is 0.377. The summed E-state index contributed by atoms with van der Waals surface area (Å²) in [6.45, 7) is 9.88. The highest BCUT2D eigenvalue weighted by Gasteiger charge is 2.07. The molecule has 0 unspecified atom stereocenters. The maximum Gasteiger partial charge on any atom is 0.223 e. The molecule has 0 bridgehead atoms. The number of rotatable bonds is 6. The summed E-state index contributed by atoms with van der Waals surface area (Å²) in [5.41, 5.74) is 1.13. The average Bonchev–Trinajstić information content (AvgIpc) is 3.11. The van der Waals surface area contributed by atoms with Crippen LogP contribution in [0.3, 0.4) is 0 Å². The molecule has 0 aliphatic carbocycles. The predicted molar refractivity (Wildman–Crippen MR) is 86.9 cm³/mol. The lowest BCUT2D eigenvalue weighted by atomic mass is 10.2. The molecule has 0 amide bonds. The van der Waals surface area contributed by atoms with Crippen molar-refractivity contribution in [3.8, 4) is 0 Å². The number of hydrogen-bond acceptors (Lipinski definition) is 6. The molecule has 0 saturated carbocycles. The predicted octanol–water partition coefficient (Wildman–Crippen LogP) is 2.21. The lowest BCUT2D eigenvalue weighted by Gasteiger charge is -2.09. The van der Waals surface area contributed by atoms with Crippen molar-refractivity contribution in [2.75, 3.05) is 6.54 Å². The molecule has 2 heterocycles. The van der Waals surface area contributed by atoms with E-state index in [1.54, 1.807) is 18.3 Å². The van der Waals surface area contributed by atoms with Gasteiger partial charge in [-0.2, -0.15) is 4.98 Å². The molecular weight excluding hydrogens is 300 g/mol. The number of nitrogens with one attached hydrogen (secondary N) is 2. The van der Waals surface area contributed by atoms with Crippen LogP contribution in [-0.2, 0) is 13.1 Å². The van der Waals surface area contributed by atoms with Crippen molar-refractivity contribution < 1.29 is 4.52 Å². The molecule has 0 aromatic carbocycles. The fourth-order valence-corrected chi connectivity index (χ4v) is 2.62. The third kappa shape index (κ3) is 4.80. The van der Waals surface area contributed by atoms with Gasteiger partial charge in [-0.05, 0) is 12.8 Å². The molecule has 8 heteroatoms. The second-order valence-electron chi connectivity index (χ2n) is 5.10. The van der Waals surface area contributed by atoms with Gasteiger partial charge >= 0.3 is 0 Å². The van der Waals surface area contributed by atoms with Gasteiger partial charge in [0.1, 0.15) is 11.6 Å². The van der Waals surface area contributed by atoms with Crippen molar-refractivity contribution in [3.05, 3.63) is 27.8 Å². The fraction of sp³-hybridized carbons (Fsp3) is 0.571. The minimum atomic E-state index is 0.377. The lowest BCUT2D eigenvalue weighted by Crippen LogP contribution is -2.36. The first-order chi connectivity index (χ1) is 10.6. The van der Waals surface area contributed by atoms with Gasteiger partial charge in [-0.1, -0.05) is 19.0 Å². The number of guanidine groups is 1. The van der Waals surface area contributed by atoms with Crippen LogP contribution in [0.1, 0.15) is 49.1 Å². The molecule has 0 fully saturated rings.